The SMILES string of the molecule is CC(C)=CCC/C(C)=C/CC/C(C)=C/C/C=C/C(C)(CC/C=C(\C)CCC=C(C)C)OO. The van der Waals surface area contributed by atoms with Crippen molar-refractivity contribution in [3.05, 3.63) is 70.4 Å². The lowest BCUT2D eigenvalue weighted by Gasteiger charge is -2.21. The van der Waals surface area contributed by atoms with Crippen LogP contribution >= 0.6 is 0 Å². The van der Waals surface area contributed by atoms with Gasteiger partial charge in [0, 0.05) is 0 Å². The number of hydrogen-bond acceptors (Lipinski definition) is 2. The van der Waals surface area contributed by atoms with Gasteiger partial charge in [-0.1, -0.05) is 70.4 Å². The van der Waals surface area contributed by atoms with Crippen LogP contribution in [0.3, 0.4) is 0 Å². The molecule has 2 heteroatoms. The van der Waals surface area contributed by atoms with E-state index in [1.165, 1.54) is 27.9 Å². The number of hydrogen-bond donors (Lipinski definition) is 1. The Morgan fingerprint density at radius 1 is 0.656 bits per heavy atom. The Morgan fingerprint density at radius 3 is 1.56 bits per heavy atom. The Bertz CT molecular complexity index is 692. The summed E-state index contributed by atoms with van der Waals surface area (Å²) < 4.78 is 0. The fourth-order valence-corrected chi connectivity index (χ4v) is 3.38. The summed E-state index contributed by atoms with van der Waals surface area (Å²) in [5.74, 6) is 0. The first-order valence-electron chi connectivity index (χ1n) is 12.3. The molecule has 1 atom stereocenters. The minimum atomic E-state index is -0.635. The van der Waals surface area contributed by atoms with Gasteiger partial charge in [-0.3, -0.25) is 5.26 Å². The fourth-order valence-electron chi connectivity index (χ4n) is 3.38. The van der Waals surface area contributed by atoms with Crippen LogP contribution in [0.25, 0.3) is 0 Å². The van der Waals surface area contributed by atoms with E-state index in [9.17, 15) is 5.26 Å². The first kappa shape index (κ1) is 30.4. The highest BCUT2D eigenvalue weighted by molar-refractivity contribution is 5.09. The maximum atomic E-state index is 9.42. The average Bonchev–Trinajstić information content (AvgIpc) is 2.70. The third kappa shape index (κ3) is 18.0. The van der Waals surface area contributed by atoms with E-state index in [-0.39, 0.29) is 0 Å². The molecule has 0 radical (unpaired) electrons. The molecule has 1 N–H and O–H groups in total. The van der Waals surface area contributed by atoms with Crippen LogP contribution in [-0.2, 0) is 4.89 Å². The largest absolute Gasteiger partial charge is 0.251 e. The fraction of sp³-hybridized carbons (Fsp3) is 0.600. The summed E-state index contributed by atoms with van der Waals surface area (Å²) >= 11 is 0. The Hall–Kier alpha value is -1.64. The second-order valence-electron chi connectivity index (χ2n) is 9.91. The van der Waals surface area contributed by atoms with Gasteiger partial charge in [0.1, 0.15) is 5.60 Å². The van der Waals surface area contributed by atoms with Gasteiger partial charge in [0.15, 0.2) is 0 Å². The molecule has 0 bridgehead atoms. The molecule has 0 aliphatic rings. The molecule has 0 saturated carbocycles. The molecule has 0 aromatic heterocycles. The molecule has 0 aromatic carbocycles. The lowest BCUT2D eigenvalue weighted by molar-refractivity contribution is -0.303. The van der Waals surface area contributed by atoms with Gasteiger partial charge in [-0.25, -0.2) is 4.89 Å². The first-order valence-corrected chi connectivity index (χ1v) is 12.3. The maximum absolute atomic E-state index is 9.42. The molecule has 32 heavy (non-hydrogen) atoms. The van der Waals surface area contributed by atoms with E-state index in [1.54, 1.807) is 0 Å². The highest BCUT2D eigenvalue weighted by Gasteiger charge is 2.20. The van der Waals surface area contributed by atoms with Crippen molar-refractivity contribution in [2.75, 3.05) is 0 Å². The zero-order chi connectivity index (χ0) is 24.4. The van der Waals surface area contributed by atoms with Gasteiger partial charge in [0.25, 0.3) is 0 Å². The van der Waals surface area contributed by atoms with E-state index in [0.717, 1.165) is 57.8 Å². The van der Waals surface area contributed by atoms with E-state index >= 15 is 0 Å². The smallest absolute Gasteiger partial charge is 0.119 e. The summed E-state index contributed by atoms with van der Waals surface area (Å²) in [4.78, 5) is 4.82. The molecule has 0 amide bonds. The topological polar surface area (TPSA) is 29.5 Å². The van der Waals surface area contributed by atoms with Crippen molar-refractivity contribution in [3.63, 3.8) is 0 Å². The van der Waals surface area contributed by atoms with Crippen LogP contribution in [0, 0.1) is 0 Å². The predicted octanol–water partition coefficient (Wildman–Crippen LogP) is 10.1. The molecule has 182 valence electrons. The summed E-state index contributed by atoms with van der Waals surface area (Å²) in [5, 5.41) is 9.42. The van der Waals surface area contributed by atoms with Crippen LogP contribution < -0.4 is 0 Å². The quantitative estimate of drug-likeness (QED) is 0.146. The molecule has 0 aromatic rings. The molecular weight excluding hydrogens is 392 g/mol. The van der Waals surface area contributed by atoms with E-state index in [4.69, 9.17) is 4.89 Å². The molecule has 1 unspecified atom stereocenters. The molecule has 0 rings (SSSR count). The van der Waals surface area contributed by atoms with Crippen LogP contribution in [0.5, 0.6) is 0 Å². The highest BCUT2D eigenvalue weighted by atomic mass is 17.1. The van der Waals surface area contributed by atoms with E-state index in [2.05, 4.69) is 84.9 Å². The molecular formula is C30H50O2. The second-order valence-corrected chi connectivity index (χ2v) is 9.91. The normalized spacial score (nSPS) is 15.1. The summed E-state index contributed by atoms with van der Waals surface area (Å²) in [6.45, 7) is 17.1. The molecule has 2 nitrogen and oxygen atoms in total. The van der Waals surface area contributed by atoms with Crippen molar-refractivity contribution < 1.29 is 10.1 Å². The summed E-state index contributed by atoms with van der Waals surface area (Å²) in [7, 11) is 0. The molecule has 0 aliphatic heterocycles. The van der Waals surface area contributed by atoms with Gasteiger partial charge in [-0.15, -0.1) is 0 Å². The third-order valence-corrected chi connectivity index (χ3v) is 5.63. The van der Waals surface area contributed by atoms with Crippen LogP contribution in [0.2, 0.25) is 0 Å². The molecule has 0 heterocycles. The van der Waals surface area contributed by atoms with Crippen molar-refractivity contribution in [1.29, 1.82) is 0 Å². The van der Waals surface area contributed by atoms with Gasteiger partial charge in [0.05, 0.1) is 0 Å². The molecule has 0 spiro atoms. The van der Waals surface area contributed by atoms with E-state index < -0.39 is 5.60 Å². The molecule has 0 saturated heterocycles. The van der Waals surface area contributed by atoms with Crippen LogP contribution in [0.1, 0.15) is 113 Å². The zero-order valence-electron chi connectivity index (χ0n) is 22.3. The Morgan fingerprint density at radius 2 is 1.09 bits per heavy atom. The standard InChI is InChI=1S/C30H50O2/c1-25(2)15-11-18-28(6)21-13-20-27(5)17-9-10-23-30(8,32-31)24-14-22-29(7)19-12-16-26(3)4/h10,15-17,21-23,31H,9,11-14,18-20,24H2,1-8H3/b23-10+,27-17+,28-21+,29-22+. The van der Waals surface area contributed by atoms with E-state index in [1.807, 2.05) is 13.0 Å². The Labute approximate surface area is 199 Å². The zero-order valence-corrected chi connectivity index (χ0v) is 22.3. The van der Waals surface area contributed by atoms with Crippen LogP contribution in [0.4, 0.5) is 0 Å². The third-order valence-electron chi connectivity index (χ3n) is 5.63. The summed E-state index contributed by atoms with van der Waals surface area (Å²) in [6.07, 6.45) is 24.8. The average molecular weight is 443 g/mol. The maximum Gasteiger partial charge on any atom is 0.119 e. The van der Waals surface area contributed by atoms with Crippen molar-refractivity contribution in [2.45, 2.75) is 119 Å². The van der Waals surface area contributed by atoms with Gasteiger partial charge >= 0.3 is 0 Å². The van der Waals surface area contributed by atoms with E-state index in [0.29, 0.717) is 0 Å². The number of rotatable bonds is 16. The lowest BCUT2D eigenvalue weighted by atomic mass is 9.97. The second kappa shape index (κ2) is 17.9. The summed E-state index contributed by atoms with van der Waals surface area (Å²) in [6, 6.07) is 0. The van der Waals surface area contributed by atoms with Crippen molar-refractivity contribution in [3.8, 4) is 0 Å². The molecule has 0 fully saturated rings. The molecule has 0 aliphatic carbocycles. The van der Waals surface area contributed by atoms with Crippen molar-refractivity contribution >= 4 is 0 Å². The monoisotopic (exact) mass is 442 g/mol. The van der Waals surface area contributed by atoms with Gasteiger partial charge in [0.2, 0.25) is 0 Å². The van der Waals surface area contributed by atoms with Gasteiger partial charge < -0.3 is 0 Å². The highest BCUT2D eigenvalue weighted by Crippen LogP contribution is 2.21. The summed E-state index contributed by atoms with van der Waals surface area (Å²) in [5.41, 5.74) is 6.41. The minimum Gasteiger partial charge on any atom is -0.251 e. The van der Waals surface area contributed by atoms with Crippen LogP contribution in [0.15, 0.2) is 70.4 Å². The Balaban J connectivity index is 4.40. The predicted molar refractivity (Wildman–Crippen MR) is 143 cm³/mol. The first-order chi connectivity index (χ1) is 15.1. The number of allylic oxidation sites excluding steroid dienone is 11. The minimum absolute atomic E-state index is 0.635. The van der Waals surface area contributed by atoms with Crippen molar-refractivity contribution in [2.24, 2.45) is 0 Å². The Kier molecular flexibility index (Phi) is 16.9. The van der Waals surface area contributed by atoms with Gasteiger partial charge in [-0.05, 0) is 113 Å². The van der Waals surface area contributed by atoms with Gasteiger partial charge in [-0.2, -0.15) is 0 Å². The van der Waals surface area contributed by atoms with Crippen LogP contribution in [-0.4, -0.2) is 10.9 Å². The van der Waals surface area contributed by atoms with Crippen molar-refractivity contribution in [1.82, 2.24) is 0 Å². The lowest BCUT2D eigenvalue weighted by Crippen LogP contribution is -2.24.